The summed E-state index contributed by atoms with van der Waals surface area (Å²) in [6.07, 6.45) is 2.68. The normalized spacial score (nSPS) is 13.6. The van der Waals surface area contributed by atoms with Gasteiger partial charge in [-0.1, -0.05) is 39.0 Å². The van der Waals surface area contributed by atoms with Gasteiger partial charge in [0.25, 0.3) is 0 Å². The minimum absolute atomic E-state index is 0.0363. The number of para-hydroxylation sites is 1. The largest absolute Gasteiger partial charge is 0.376 e. The van der Waals surface area contributed by atoms with Crippen molar-refractivity contribution in [2.45, 2.75) is 47.0 Å². The summed E-state index contributed by atoms with van der Waals surface area (Å²) in [7, 11) is 0. The fraction of sp³-hybridized carbons (Fsp3) is 0.650. The molecule has 0 aromatic heterocycles. The zero-order valence-electron chi connectivity index (χ0n) is 16.1. The van der Waals surface area contributed by atoms with Crippen LogP contribution >= 0.6 is 11.6 Å². The second-order valence-corrected chi connectivity index (χ2v) is 6.35. The fourth-order valence-electron chi connectivity index (χ4n) is 3.16. The topological polar surface area (TPSA) is 35.5 Å². The van der Waals surface area contributed by atoms with Crippen molar-refractivity contribution < 1.29 is 14.3 Å². The molecule has 0 bridgehead atoms. The molecule has 5 heteroatoms. The molecular formula is C20H33ClNO3+. The highest BCUT2D eigenvalue weighted by atomic mass is 35.5. The van der Waals surface area contributed by atoms with Gasteiger partial charge < -0.3 is 9.47 Å². The maximum absolute atomic E-state index is 13.0. The number of halogens is 1. The molecule has 1 atom stereocenters. The van der Waals surface area contributed by atoms with Crippen molar-refractivity contribution in [2.24, 2.45) is 0 Å². The third kappa shape index (κ3) is 5.52. The fourth-order valence-corrected chi connectivity index (χ4v) is 3.38. The number of hydrogen-bond donors (Lipinski definition) is 0. The molecule has 0 radical (unpaired) electrons. The number of aryl methyl sites for hydroxylation is 2. The summed E-state index contributed by atoms with van der Waals surface area (Å²) in [5, 5.41) is 0. The molecule has 0 aliphatic heterocycles. The highest BCUT2D eigenvalue weighted by Crippen LogP contribution is 2.34. The van der Waals surface area contributed by atoms with E-state index in [9.17, 15) is 4.79 Å². The SMILES string of the molecule is CCCOCC[N+](COCC)(C(=O)CCl)c1c(CC)cccc1CC. The number of hydrogen-bond acceptors (Lipinski definition) is 3. The van der Waals surface area contributed by atoms with E-state index in [2.05, 4.69) is 39.0 Å². The van der Waals surface area contributed by atoms with Gasteiger partial charge in [-0.25, -0.2) is 9.28 Å². The summed E-state index contributed by atoms with van der Waals surface area (Å²) in [4.78, 5) is 13.0. The number of alkyl halides is 1. The molecule has 0 aliphatic rings. The molecule has 1 rings (SSSR count). The number of benzene rings is 1. The van der Waals surface area contributed by atoms with E-state index >= 15 is 0 Å². The Morgan fingerprint density at radius 2 is 1.68 bits per heavy atom. The van der Waals surface area contributed by atoms with Gasteiger partial charge in [-0.05, 0) is 26.2 Å². The molecule has 0 spiro atoms. The standard InChI is InChI=1S/C20H33ClNO3/c1-5-13-25-14-12-22(16-24-8-4,19(23)15-21)20-17(6-2)10-9-11-18(20)7-3/h9-11H,5-8,12-16H2,1-4H3/q+1. The van der Waals surface area contributed by atoms with Crippen LogP contribution < -0.4 is 4.48 Å². The van der Waals surface area contributed by atoms with E-state index < -0.39 is 0 Å². The first-order valence-corrected chi connectivity index (χ1v) is 9.87. The van der Waals surface area contributed by atoms with Gasteiger partial charge in [0.05, 0.1) is 6.61 Å². The molecule has 4 nitrogen and oxygen atoms in total. The van der Waals surface area contributed by atoms with Gasteiger partial charge in [-0.3, -0.25) is 0 Å². The van der Waals surface area contributed by atoms with Crippen molar-refractivity contribution in [1.82, 2.24) is 4.48 Å². The quantitative estimate of drug-likeness (QED) is 0.238. The van der Waals surface area contributed by atoms with Crippen LogP contribution in [-0.4, -0.2) is 44.9 Å². The molecule has 0 aliphatic carbocycles. The number of carbonyl (C=O) groups is 1. The van der Waals surface area contributed by atoms with Crippen LogP contribution in [0.3, 0.4) is 0 Å². The Balaban J connectivity index is 3.43. The first-order chi connectivity index (χ1) is 12.1. The van der Waals surface area contributed by atoms with E-state index in [4.69, 9.17) is 21.1 Å². The van der Waals surface area contributed by atoms with E-state index in [1.54, 1.807) is 0 Å². The average Bonchev–Trinajstić information content (AvgIpc) is 2.66. The molecule has 1 unspecified atom stereocenters. The number of nitrogens with zero attached hydrogens (tertiary/aromatic N) is 1. The van der Waals surface area contributed by atoms with Gasteiger partial charge in [0.15, 0.2) is 6.73 Å². The summed E-state index contributed by atoms with van der Waals surface area (Å²) in [6.45, 7) is 10.8. The molecular weight excluding hydrogens is 338 g/mol. The van der Waals surface area contributed by atoms with E-state index in [0.29, 0.717) is 33.1 Å². The van der Waals surface area contributed by atoms with Crippen LogP contribution in [0, 0.1) is 0 Å². The predicted molar refractivity (Wildman–Crippen MR) is 105 cm³/mol. The number of rotatable bonds is 12. The van der Waals surface area contributed by atoms with Crippen LogP contribution in [0.2, 0.25) is 0 Å². The van der Waals surface area contributed by atoms with Crippen LogP contribution in [0.4, 0.5) is 5.69 Å². The summed E-state index contributed by atoms with van der Waals surface area (Å²) in [5.41, 5.74) is 3.40. The van der Waals surface area contributed by atoms with Crippen LogP contribution in [-0.2, 0) is 27.1 Å². The van der Waals surface area contributed by atoms with Crippen molar-refractivity contribution in [3.8, 4) is 0 Å². The minimum Gasteiger partial charge on any atom is -0.376 e. The van der Waals surface area contributed by atoms with E-state index in [0.717, 1.165) is 24.9 Å². The van der Waals surface area contributed by atoms with Gasteiger partial charge in [-0.2, -0.15) is 0 Å². The lowest BCUT2D eigenvalue weighted by atomic mass is 10.00. The summed E-state index contributed by atoms with van der Waals surface area (Å²) in [6, 6.07) is 6.26. The monoisotopic (exact) mass is 370 g/mol. The zero-order valence-corrected chi connectivity index (χ0v) is 16.9. The van der Waals surface area contributed by atoms with Gasteiger partial charge in [0, 0.05) is 24.3 Å². The molecule has 142 valence electrons. The van der Waals surface area contributed by atoms with Gasteiger partial charge in [-0.15, -0.1) is 11.6 Å². The second kappa shape index (κ2) is 11.6. The van der Waals surface area contributed by atoms with Crippen LogP contribution in [0.5, 0.6) is 0 Å². The van der Waals surface area contributed by atoms with Crippen molar-refractivity contribution in [1.29, 1.82) is 0 Å². The summed E-state index contributed by atoms with van der Waals surface area (Å²) in [5.74, 6) is -0.0759. The Kier molecular flexibility index (Phi) is 10.3. The van der Waals surface area contributed by atoms with Crippen LogP contribution in [0.25, 0.3) is 0 Å². The average molecular weight is 371 g/mol. The summed E-state index contributed by atoms with van der Waals surface area (Å²) < 4.78 is 11.6. The number of carbonyl (C=O) groups excluding carboxylic acids is 1. The van der Waals surface area contributed by atoms with Crippen LogP contribution in [0.15, 0.2) is 18.2 Å². The number of quaternary nitrogens is 1. The minimum atomic E-state index is -0.0396. The van der Waals surface area contributed by atoms with E-state index in [1.165, 1.54) is 11.1 Å². The number of ether oxygens (including phenoxy) is 2. The molecule has 25 heavy (non-hydrogen) atoms. The highest BCUT2D eigenvalue weighted by Gasteiger charge is 2.41. The Hall–Kier alpha value is -0.940. The molecule has 0 saturated heterocycles. The molecule has 1 aromatic carbocycles. The molecule has 0 N–H and O–H groups in total. The number of amides is 1. The highest BCUT2D eigenvalue weighted by molar-refractivity contribution is 6.28. The first kappa shape index (κ1) is 22.1. The smallest absolute Gasteiger partial charge is 0.335 e. The molecule has 0 fully saturated rings. The molecule has 0 saturated carbocycles. The Morgan fingerprint density at radius 3 is 2.16 bits per heavy atom. The first-order valence-electron chi connectivity index (χ1n) is 9.34. The lowest BCUT2D eigenvalue weighted by Gasteiger charge is -2.37. The maximum atomic E-state index is 13.0. The third-order valence-electron chi connectivity index (χ3n) is 4.47. The maximum Gasteiger partial charge on any atom is 0.335 e. The van der Waals surface area contributed by atoms with Crippen molar-refractivity contribution in [3.63, 3.8) is 0 Å². The Labute approximate surface area is 157 Å². The second-order valence-electron chi connectivity index (χ2n) is 6.09. The molecule has 0 heterocycles. The van der Waals surface area contributed by atoms with E-state index in [-0.39, 0.29) is 16.3 Å². The lowest BCUT2D eigenvalue weighted by molar-refractivity contribution is -0.134. The van der Waals surface area contributed by atoms with Gasteiger partial charge >= 0.3 is 5.91 Å². The van der Waals surface area contributed by atoms with Crippen molar-refractivity contribution in [3.05, 3.63) is 29.3 Å². The van der Waals surface area contributed by atoms with Crippen molar-refractivity contribution >= 4 is 23.2 Å². The summed E-state index contributed by atoms with van der Waals surface area (Å²) >= 11 is 6.03. The molecule has 1 amide bonds. The van der Waals surface area contributed by atoms with Crippen LogP contribution in [0.1, 0.15) is 45.2 Å². The predicted octanol–water partition coefficient (Wildman–Crippen LogP) is 4.30. The zero-order chi connectivity index (χ0) is 18.7. The van der Waals surface area contributed by atoms with Gasteiger partial charge in [0.1, 0.15) is 18.1 Å². The Morgan fingerprint density at radius 1 is 1.04 bits per heavy atom. The third-order valence-corrected chi connectivity index (χ3v) is 4.69. The Bertz CT molecular complexity index is 513. The molecule has 1 aromatic rings. The van der Waals surface area contributed by atoms with Gasteiger partial charge in [0.2, 0.25) is 0 Å². The van der Waals surface area contributed by atoms with E-state index in [1.807, 2.05) is 6.92 Å². The lowest BCUT2D eigenvalue weighted by Crippen LogP contribution is -2.59. The van der Waals surface area contributed by atoms with Crippen molar-refractivity contribution in [2.75, 3.05) is 39.0 Å².